The van der Waals surface area contributed by atoms with Gasteiger partial charge >= 0.3 is 0 Å². The largest absolute Gasteiger partial charge is 0.392 e. The second-order valence-electron chi connectivity index (χ2n) is 7.04. The van der Waals surface area contributed by atoms with Gasteiger partial charge in [0.05, 0.1) is 11.5 Å². The fourth-order valence-electron chi connectivity index (χ4n) is 2.94. The molecular formula is C22H42OS. The maximum absolute atomic E-state index is 11.0. The standard InChI is InChI=1S/C22H42OS/c1-5-9-13-14-17-22(16-11-7-3,21(23)15-10-6-2)18-20-24-19-12-8-4/h21,23H,5-13,15-16,18-20H2,1-4H3. The Hall–Kier alpha value is -0.130. The van der Waals surface area contributed by atoms with Crippen molar-refractivity contribution < 1.29 is 5.11 Å². The molecule has 0 aromatic carbocycles. The Kier molecular flexibility index (Phi) is 16.3. The summed E-state index contributed by atoms with van der Waals surface area (Å²) in [6.45, 7) is 8.91. The molecule has 0 aromatic heterocycles. The van der Waals surface area contributed by atoms with Crippen molar-refractivity contribution in [2.45, 2.75) is 111 Å². The summed E-state index contributed by atoms with van der Waals surface area (Å²) in [5, 5.41) is 11.0. The number of aliphatic hydroxyl groups excluding tert-OH is 1. The first-order valence-corrected chi connectivity index (χ1v) is 11.6. The van der Waals surface area contributed by atoms with E-state index in [4.69, 9.17) is 0 Å². The lowest BCUT2D eigenvalue weighted by atomic mass is 9.74. The van der Waals surface area contributed by atoms with Crippen molar-refractivity contribution in [2.24, 2.45) is 5.41 Å². The van der Waals surface area contributed by atoms with Gasteiger partial charge in [0.2, 0.25) is 0 Å². The number of rotatable bonds is 15. The summed E-state index contributed by atoms with van der Waals surface area (Å²) in [4.78, 5) is 0. The molecule has 0 aromatic rings. The third-order valence-corrected chi connectivity index (χ3v) is 5.84. The summed E-state index contributed by atoms with van der Waals surface area (Å²) in [7, 11) is 0. The van der Waals surface area contributed by atoms with Gasteiger partial charge < -0.3 is 5.11 Å². The van der Waals surface area contributed by atoms with Crippen LogP contribution in [0.2, 0.25) is 0 Å². The summed E-state index contributed by atoms with van der Waals surface area (Å²) in [5.41, 5.74) is -0.169. The Labute approximate surface area is 156 Å². The molecule has 1 N–H and O–H groups in total. The third kappa shape index (κ3) is 10.7. The second-order valence-corrected chi connectivity index (χ2v) is 8.26. The predicted molar refractivity (Wildman–Crippen MR) is 112 cm³/mol. The van der Waals surface area contributed by atoms with E-state index in [-0.39, 0.29) is 11.5 Å². The molecule has 0 spiro atoms. The van der Waals surface area contributed by atoms with Crippen molar-refractivity contribution in [3.8, 4) is 11.8 Å². The maximum Gasteiger partial charge on any atom is 0.0706 e. The molecular weight excluding hydrogens is 312 g/mol. The van der Waals surface area contributed by atoms with E-state index in [1.54, 1.807) is 0 Å². The molecule has 0 amide bonds. The molecule has 0 rings (SSSR count). The summed E-state index contributed by atoms with van der Waals surface area (Å²) >= 11 is 2.04. The minimum absolute atomic E-state index is 0.169. The second kappa shape index (κ2) is 16.3. The van der Waals surface area contributed by atoms with E-state index in [0.29, 0.717) is 0 Å². The van der Waals surface area contributed by atoms with Crippen LogP contribution in [0.3, 0.4) is 0 Å². The lowest BCUT2D eigenvalue weighted by Gasteiger charge is -2.34. The molecule has 0 fully saturated rings. The predicted octanol–water partition coefficient (Wildman–Crippen LogP) is 6.83. The van der Waals surface area contributed by atoms with Crippen LogP contribution in [0.25, 0.3) is 0 Å². The molecule has 0 saturated heterocycles. The van der Waals surface area contributed by atoms with Crippen LogP contribution in [0.15, 0.2) is 0 Å². The van der Waals surface area contributed by atoms with E-state index < -0.39 is 0 Å². The molecule has 2 unspecified atom stereocenters. The highest BCUT2D eigenvalue weighted by Crippen LogP contribution is 2.36. The van der Waals surface area contributed by atoms with Crippen molar-refractivity contribution in [1.29, 1.82) is 0 Å². The van der Waals surface area contributed by atoms with Crippen LogP contribution in [-0.2, 0) is 0 Å². The summed E-state index contributed by atoms with van der Waals surface area (Å²) < 4.78 is 0. The molecule has 24 heavy (non-hydrogen) atoms. The quantitative estimate of drug-likeness (QED) is 0.257. The zero-order valence-electron chi connectivity index (χ0n) is 16.8. The molecule has 1 nitrogen and oxygen atoms in total. The number of thioether (sulfide) groups is 1. The first-order chi connectivity index (χ1) is 11.7. The highest BCUT2D eigenvalue weighted by Gasteiger charge is 2.34. The smallest absolute Gasteiger partial charge is 0.0706 e. The van der Waals surface area contributed by atoms with Gasteiger partial charge in [-0.2, -0.15) is 11.8 Å². The Bertz CT molecular complexity index is 331. The van der Waals surface area contributed by atoms with Crippen LogP contribution in [0.1, 0.15) is 105 Å². The van der Waals surface area contributed by atoms with Gasteiger partial charge in [0.1, 0.15) is 0 Å². The topological polar surface area (TPSA) is 20.2 Å². The Morgan fingerprint density at radius 2 is 1.50 bits per heavy atom. The minimum Gasteiger partial charge on any atom is -0.392 e. The van der Waals surface area contributed by atoms with Crippen LogP contribution in [0.5, 0.6) is 0 Å². The summed E-state index contributed by atoms with van der Waals surface area (Å²) in [6, 6.07) is 0. The van der Waals surface area contributed by atoms with Crippen molar-refractivity contribution >= 4 is 11.8 Å². The number of unbranched alkanes of at least 4 members (excludes halogenated alkanes) is 5. The zero-order chi connectivity index (χ0) is 18.1. The highest BCUT2D eigenvalue weighted by molar-refractivity contribution is 7.99. The van der Waals surface area contributed by atoms with Gasteiger partial charge in [0.15, 0.2) is 0 Å². The molecule has 2 atom stereocenters. The van der Waals surface area contributed by atoms with Crippen LogP contribution >= 0.6 is 11.8 Å². The van der Waals surface area contributed by atoms with Crippen LogP contribution < -0.4 is 0 Å². The van der Waals surface area contributed by atoms with Crippen LogP contribution in [-0.4, -0.2) is 22.7 Å². The molecule has 0 aliphatic heterocycles. The van der Waals surface area contributed by atoms with Gasteiger partial charge in [0.25, 0.3) is 0 Å². The Morgan fingerprint density at radius 3 is 2.12 bits per heavy atom. The molecule has 0 aliphatic carbocycles. The monoisotopic (exact) mass is 354 g/mol. The number of aliphatic hydroxyl groups is 1. The van der Waals surface area contributed by atoms with Crippen molar-refractivity contribution in [3.63, 3.8) is 0 Å². The molecule has 0 radical (unpaired) electrons. The van der Waals surface area contributed by atoms with Gasteiger partial charge in [-0.15, -0.1) is 5.92 Å². The summed E-state index contributed by atoms with van der Waals surface area (Å²) in [5.74, 6) is 9.39. The fourth-order valence-corrected chi connectivity index (χ4v) is 4.14. The van der Waals surface area contributed by atoms with E-state index in [1.165, 1.54) is 44.3 Å². The SMILES string of the molecule is CCCCC#CC(CCCC)(CCSCCCC)C(O)CCCC. The number of hydrogen-bond acceptors (Lipinski definition) is 2. The first-order valence-electron chi connectivity index (χ1n) is 10.4. The Morgan fingerprint density at radius 1 is 0.833 bits per heavy atom. The van der Waals surface area contributed by atoms with Crippen molar-refractivity contribution in [3.05, 3.63) is 0 Å². The average Bonchev–Trinajstić information content (AvgIpc) is 2.60. The van der Waals surface area contributed by atoms with E-state index in [9.17, 15) is 5.11 Å². The minimum atomic E-state index is -0.259. The van der Waals surface area contributed by atoms with Gasteiger partial charge in [-0.25, -0.2) is 0 Å². The Balaban J connectivity index is 4.97. The lowest BCUT2D eigenvalue weighted by Crippen LogP contribution is -2.35. The highest BCUT2D eigenvalue weighted by atomic mass is 32.2. The molecule has 142 valence electrons. The van der Waals surface area contributed by atoms with Gasteiger partial charge in [0, 0.05) is 6.42 Å². The fraction of sp³-hybridized carbons (Fsp3) is 0.909. The van der Waals surface area contributed by atoms with Crippen LogP contribution in [0, 0.1) is 17.3 Å². The molecule has 0 heterocycles. The average molecular weight is 355 g/mol. The van der Waals surface area contributed by atoms with E-state index in [0.717, 1.165) is 44.3 Å². The van der Waals surface area contributed by atoms with E-state index >= 15 is 0 Å². The van der Waals surface area contributed by atoms with Crippen molar-refractivity contribution in [2.75, 3.05) is 11.5 Å². The molecule has 0 aliphatic rings. The summed E-state index contributed by atoms with van der Waals surface area (Å²) in [6.07, 6.45) is 13.3. The first kappa shape index (κ1) is 23.9. The van der Waals surface area contributed by atoms with Crippen molar-refractivity contribution in [1.82, 2.24) is 0 Å². The van der Waals surface area contributed by atoms with Gasteiger partial charge in [-0.05, 0) is 43.6 Å². The maximum atomic E-state index is 11.0. The van der Waals surface area contributed by atoms with E-state index in [2.05, 4.69) is 39.5 Å². The zero-order valence-corrected chi connectivity index (χ0v) is 17.6. The number of hydrogen-bond donors (Lipinski definition) is 1. The van der Waals surface area contributed by atoms with E-state index in [1.807, 2.05) is 11.8 Å². The molecule has 0 bridgehead atoms. The lowest BCUT2D eigenvalue weighted by molar-refractivity contribution is 0.0460. The van der Waals surface area contributed by atoms with Crippen LogP contribution in [0.4, 0.5) is 0 Å². The molecule has 2 heteroatoms. The normalized spacial score (nSPS) is 14.7. The van der Waals surface area contributed by atoms with Gasteiger partial charge in [-0.1, -0.05) is 72.1 Å². The van der Waals surface area contributed by atoms with Gasteiger partial charge in [-0.3, -0.25) is 0 Å². The third-order valence-electron chi connectivity index (χ3n) is 4.77. The molecule has 0 saturated carbocycles.